The van der Waals surface area contributed by atoms with Gasteiger partial charge in [0.2, 0.25) is 0 Å². The highest BCUT2D eigenvalue weighted by Crippen LogP contribution is 2.55. The molecule has 0 aliphatic rings. The molecule has 0 unspecified atom stereocenters. The number of rotatable bonds is 12. The second-order valence-corrected chi connectivity index (χ2v) is 37.0. The first kappa shape index (κ1) is 81.2. The smallest absolute Gasteiger partial charge is 0.189 e. The zero-order valence-corrected chi connectivity index (χ0v) is 77.4. The Labute approximate surface area is 824 Å². The summed E-state index contributed by atoms with van der Waals surface area (Å²) in [5.74, 6) is 1.68. The van der Waals surface area contributed by atoms with E-state index in [0.29, 0.717) is 28.7 Å². The third kappa shape index (κ3) is 12.1. The number of benzene rings is 21. The molecule has 30 aromatic rings. The minimum absolute atomic E-state index is 0.390. The van der Waals surface area contributed by atoms with Crippen LogP contribution in [0.2, 0.25) is 0 Å². The summed E-state index contributed by atoms with van der Waals surface area (Å²) in [5, 5.41) is 29.1. The van der Waals surface area contributed by atoms with Crippen LogP contribution in [0.5, 0.6) is 0 Å². The number of para-hydroxylation sites is 16. The van der Waals surface area contributed by atoms with Gasteiger partial charge in [-0.15, -0.1) is 0 Å². The van der Waals surface area contributed by atoms with Gasteiger partial charge in [-0.05, 0) is 133 Å². The number of aromatic nitrogens is 11. The van der Waals surface area contributed by atoms with E-state index in [-0.39, 0.29) is 0 Å². The predicted octanol–water partition coefficient (Wildman–Crippen LogP) is 33.4. The van der Waals surface area contributed by atoms with Crippen molar-refractivity contribution in [3.05, 3.63) is 496 Å². The fraction of sp³-hybridized carbons (Fsp3) is 0. The lowest BCUT2D eigenvalue weighted by Gasteiger charge is -2.28. The molecule has 0 fully saturated rings. The van der Waals surface area contributed by atoms with Crippen LogP contribution < -0.4 is 0 Å². The molecule has 668 valence electrons. The van der Waals surface area contributed by atoms with E-state index >= 15 is 0 Å². The molecule has 9 heterocycles. The molecule has 0 saturated heterocycles. The van der Waals surface area contributed by atoms with Crippen molar-refractivity contribution in [2.45, 2.75) is 0 Å². The molecule has 13 nitrogen and oxygen atoms in total. The van der Waals surface area contributed by atoms with Crippen molar-refractivity contribution >= 4 is 180 Å². The Morgan fingerprint density at radius 1 is 0.181 bits per heavy atom. The van der Waals surface area contributed by atoms with Crippen LogP contribution in [0, 0.1) is 17.9 Å². The molecule has 0 atom stereocenters. The highest BCUT2D eigenvalue weighted by atomic mass is 15.2. The molecule has 21 aromatic carbocycles. The van der Waals surface area contributed by atoms with Gasteiger partial charge in [0.05, 0.1) is 152 Å². The largest absolute Gasteiger partial charge is 0.307 e. The number of hydrogen-bond donors (Lipinski definition) is 0. The molecule has 30 rings (SSSR count). The molecule has 144 heavy (non-hydrogen) atoms. The van der Waals surface area contributed by atoms with Crippen LogP contribution in [0.15, 0.2) is 479 Å². The van der Waals surface area contributed by atoms with Crippen LogP contribution >= 0.6 is 0 Å². The van der Waals surface area contributed by atoms with Crippen LogP contribution in [-0.2, 0) is 0 Å². The maximum Gasteiger partial charge on any atom is 0.189 e. The number of fused-ring (bicyclic) bond motifs is 24. The van der Waals surface area contributed by atoms with Crippen LogP contribution in [0.3, 0.4) is 0 Å². The zero-order valence-electron chi connectivity index (χ0n) is 77.4. The van der Waals surface area contributed by atoms with E-state index in [1.165, 1.54) is 0 Å². The van der Waals surface area contributed by atoms with Gasteiger partial charge < -0.3 is 36.5 Å². The van der Waals surface area contributed by atoms with E-state index in [9.17, 15) is 5.26 Å². The Balaban J connectivity index is 0.000000138. The van der Waals surface area contributed by atoms with Gasteiger partial charge in [0.25, 0.3) is 0 Å². The van der Waals surface area contributed by atoms with Crippen LogP contribution in [0.25, 0.3) is 270 Å². The highest BCUT2D eigenvalue weighted by molar-refractivity contribution is 6.21. The molecule has 0 amide bonds. The molecule has 0 radical (unpaired) electrons. The summed E-state index contributed by atoms with van der Waals surface area (Å²) in [7, 11) is 0. The van der Waals surface area contributed by atoms with Crippen molar-refractivity contribution in [2.75, 3.05) is 0 Å². The minimum atomic E-state index is 0.390. The Kier molecular flexibility index (Phi) is 18.2. The first-order valence-corrected chi connectivity index (χ1v) is 48.6. The van der Waals surface area contributed by atoms with Gasteiger partial charge in [-0.2, -0.15) is 5.26 Å². The Hall–Kier alpha value is -20.0. The summed E-state index contributed by atoms with van der Waals surface area (Å²) < 4.78 is 19.7. The standard InChI is InChI=1S/C69H43N7.C62H36N6/c1-3-23-44(24-4-1)67-70-68(45-25-5-2-6-26-45)72-69(71-67)64-65(75-58-39-19-11-31-50(58)51-32-12-20-40-59(51)75)62(73-54-35-15-7-27-46(54)47-28-8-16-36-55(47)73)43-63(74-56-37-17-9-29-48(56)49-30-10-18-38-57(49)74)66(64)76-60-41-21-13-33-52(60)53-34-14-22-42-61(53)76;1-64-41-35-39(38-63)34-40(36-41)60-61(67-54-30-14-6-22-46(54)47-23-7-15-31-55(47)67)58(65-50-26-10-2-18-42(50)43-19-3-11-27-51(43)65)37-59(66-52-28-12-4-20-44(52)45-21-5-13-29-53(45)66)62(60)68-56-32-16-8-24-48(56)49-25-9-17-33-57(49)68/h1-43H;2-37H. The monoisotopic (exact) mass is 1830 g/mol. The maximum absolute atomic E-state index is 10.8. The zero-order chi connectivity index (χ0) is 94.9. The Morgan fingerprint density at radius 3 is 0.562 bits per heavy atom. The number of nitrogens with zero attached hydrogens (tertiary/aromatic N) is 13. The molecule has 0 saturated carbocycles. The second-order valence-electron chi connectivity index (χ2n) is 37.0. The van der Waals surface area contributed by atoms with Crippen LogP contribution in [0.4, 0.5) is 5.69 Å². The van der Waals surface area contributed by atoms with Gasteiger partial charge in [-0.25, -0.2) is 19.8 Å². The summed E-state index contributed by atoms with van der Waals surface area (Å²) in [5.41, 5.74) is 29.5. The van der Waals surface area contributed by atoms with Gasteiger partial charge in [0, 0.05) is 108 Å². The van der Waals surface area contributed by atoms with E-state index in [4.69, 9.17) is 21.5 Å². The predicted molar refractivity (Wildman–Crippen MR) is 594 cm³/mol. The molecule has 0 aliphatic carbocycles. The molecule has 0 bridgehead atoms. The normalized spacial score (nSPS) is 11.9. The van der Waals surface area contributed by atoms with Crippen molar-refractivity contribution in [1.29, 1.82) is 5.26 Å². The first-order valence-electron chi connectivity index (χ1n) is 48.6. The minimum Gasteiger partial charge on any atom is -0.307 e. The summed E-state index contributed by atoms with van der Waals surface area (Å²) in [6.07, 6.45) is 0. The maximum atomic E-state index is 10.8. The molecule has 0 N–H and O–H groups in total. The van der Waals surface area contributed by atoms with E-state index in [1.807, 2.05) is 24.3 Å². The summed E-state index contributed by atoms with van der Waals surface area (Å²) in [6.45, 7) is 8.46. The lowest BCUT2D eigenvalue weighted by atomic mass is 9.95. The first-order chi connectivity index (χ1) is 71.5. The van der Waals surface area contributed by atoms with Crippen molar-refractivity contribution in [3.8, 4) is 96.9 Å². The summed E-state index contributed by atoms with van der Waals surface area (Å²) in [4.78, 5) is 21.0. The third-order valence-corrected chi connectivity index (χ3v) is 29.4. The fourth-order valence-corrected chi connectivity index (χ4v) is 23.5. The van der Waals surface area contributed by atoms with Crippen molar-refractivity contribution in [2.24, 2.45) is 0 Å². The van der Waals surface area contributed by atoms with Crippen molar-refractivity contribution < 1.29 is 0 Å². The van der Waals surface area contributed by atoms with E-state index in [1.54, 1.807) is 6.07 Å². The Bertz CT molecular complexity index is 9730. The lowest BCUT2D eigenvalue weighted by Crippen LogP contribution is -2.14. The van der Waals surface area contributed by atoms with Gasteiger partial charge in [-0.1, -0.05) is 352 Å². The SMILES string of the molecule is [C-]#[N+]c1cc(C#N)cc(-c2c(-n3c4ccccc4c4ccccc43)c(-n3c4ccccc4c4ccccc43)cc(-n3c4ccccc4c4ccccc43)c2-n2c3ccccc3c3ccccc32)c1.c1ccc(-c2nc(-c3ccccc3)nc(-c3c(-n4c5ccccc5c5ccccc54)c(-n4c5ccccc5c5ccccc54)cc(-n4c5ccccc5c5ccccc54)c3-n3c4ccccc4c4ccccc43)n2)cc1. The summed E-state index contributed by atoms with van der Waals surface area (Å²) in [6, 6.07) is 173. The molecule has 13 heteroatoms. The molecule has 0 spiro atoms. The highest BCUT2D eigenvalue weighted by Gasteiger charge is 2.37. The van der Waals surface area contributed by atoms with E-state index in [0.717, 1.165) is 248 Å². The van der Waals surface area contributed by atoms with Gasteiger partial charge >= 0.3 is 0 Å². The number of hydrogen-bond acceptors (Lipinski definition) is 4. The average Bonchev–Trinajstić information content (AvgIpc) is 1.50. The van der Waals surface area contributed by atoms with Crippen LogP contribution in [0.1, 0.15) is 5.56 Å². The van der Waals surface area contributed by atoms with Crippen molar-refractivity contribution in [3.63, 3.8) is 0 Å². The van der Waals surface area contributed by atoms with Gasteiger partial charge in [0.15, 0.2) is 23.2 Å². The Morgan fingerprint density at radius 2 is 0.361 bits per heavy atom. The molecular formula is C131H79N13. The lowest BCUT2D eigenvalue weighted by molar-refractivity contribution is 1.02. The van der Waals surface area contributed by atoms with Gasteiger partial charge in [-0.3, -0.25) is 0 Å². The topological polar surface area (TPSA) is 106 Å². The van der Waals surface area contributed by atoms with E-state index in [2.05, 4.69) is 496 Å². The summed E-state index contributed by atoms with van der Waals surface area (Å²) >= 11 is 0. The fourth-order valence-electron chi connectivity index (χ4n) is 23.5. The van der Waals surface area contributed by atoms with Crippen molar-refractivity contribution in [1.82, 2.24) is 51.5 Å². The van der Waals surface area contributed by atoms with Gasteiger partial charge in [0.1, 0.15) is 0 Å². The van der Waals surface area contributed by atoms with Crippen LogP contribution in [-0.4, -0.2) is 51.5 Å². The number of nitriles is 1. The molecule has 9 aromatic heterocycles. The molecule has 0 aliphatic heterocycles. The molecular weight excluding hydrogens is 1760 g/mol. The third-order valence-electron chi connectivity index (χ3n) is 29.4. The van der Waals surface area contributed by atoms with E-state index < -0.39 is 0 Å². The quantitative estimate of drug-likeness (QED) is 0.114. The second kappa shape index (κ2) is 32.3. The average molecular weight is 1840 g/mol.